The number of phenols is 1. The number of hydrogen-bond donors (Lipinski definition) is 4. The van der Waals surface area contributed by atoms with Crippen molar-refractivity contribution >= 4 is 40.6 Å². The molecule has 12 nitrogen and oxygen atoms in total. The highest BCUT2D eigenvalue weighted by molar-refractivity contribution is 6.32. The molecule has 1 aromatic rings. The molecule has 7 atom stereocenters. The van der Waals surface area contributed by atoms with Crippen LogP contribution in [0.3, 0.4) is 0 Å². The number of rotatable bonds is 6. The van der Waals surface area contributed by atoms with Crippen molar-refractivity contribution < 1.29 is 43.4 Å². The minimum atomic E-state index is -2.96. The number of benzene rings is 1. The van der Waals surface area contributed by atoms with E-state index in [-0.39, 0.29) is 17.7 Å². The van der Waals surface area contributed by atoms with E-state index in [9.17, 15) is 39.0 Å². The number of amides is 2. The van der Waals surface area contributed by atoms with Crippen LogP contribution < -0.4 is 11.1 Å². The van der Waals surface area contributed by atoms with Gasteiger partial charge in [-0.3, -0.25) is 38.6 Å². The Balaban J connectivity index is 1.76. The van der Waals surface area contributed by atoms with E-state index in [0.29, 0.717) is 13.0 Å². The minimum Gasteiger partial charge on any atom is -0.505 e. The van der Waals surface area contributed by atoms with Crippen LogP contribution in [0.15, 0.2) is 6.07 Å². The van der Waals surface area contributed by atoms with Gasteiger partial charge in [0.05, 0.1) is 29.3 Å². The van der Waals surface area contributed by atoms with Gasteiger partial charge in [-0.1, -0.05) is 13.8 Å². The summed E-state index contributed by atoms with van der Waals surface area (Å²) in [7, 11) is 4.67. The fraction of sp³-hybridized carbons (Fsp3) is 0.571. The third-order valence-corrected chi connectivity index (χ3v) is 8.90. The van der Waals surface area contributed by atoms with Crippen LogP contribution in [0.4, 0.5) is 10.1 Å². The first-order chi connectivity index (χ1) is 19.0. The quantitative estimate of drug-likeness (QED) is 0.259. The summed E-state index contributed by atoms with van der Waals surface area (Å²) in [5.74, 6) is -14.3. The van der Waals surface area contributed by atoms with Gasteiger partial charge in [0.1, 0.15) is 11.6 Å². The molecule has 222 valence electrons. The van der Waals surface area contributed by atoms with Crippen molar-refractivity contribution in [2.75, 3.05) is 33.0 Å². The number of nitrogens with zero attached hydrogens (tertiary/aromatic N) is 2. The minimum absolute atomic E-state index is 0.175. The molecule has 7 unspecified atom stereocenters. The van der Waals surface area contributed by atoms with Crippen LogP contribution in [0.1, 0.15) is 42.6 Å². The van der Waals surface area contributed by atoms with Gasteiger partial charge in [-0.25, -0.2) is 4.39 Å². The van der Waals surface area contributed by atoms with E-state index in [2.05, 4.69) is 5.32 Å². The maximum absolute atomic E-state index is 15.3. The lowest BCUT2D eigenvalue weighted by molar-refractivity contribution is -0.173. The summed E-state index contributed by atoms with van der Waals surface area (Å²) in [6.45, 7) is 3.42. The van der Waals surface area contributed by atoms with Gasteiger partial charge in [0.2, 0.25) is 11.8 Å². The summed E-state index contributed by atoms with van der Waals surface area (Å²) >= 11 is 0. The Bertz CT molecular complexity index is 1360. The normalized spacial score (nSPS) is 32.2. The number of aliphatic hydroxyl groups is 1. The van der Waals surface area contributed by atoms with Crippen LogP contribution in [-0.2, 0) is 30.4 Å². The number of hydrogen-bond acceptors (Lipinski definition) is 10. The van der Waals surface area contributed by atoms with Gasteiger partial charge in [-0.15, -0.1) is 0 Å². The van der Waals surface area contributed by atoms with Crippen LogP contribution in [0.5, 0.6) is 5.75 Å². The molecule has 0 radical (unpaired) electrons. The molecular formula is C28H35FN4O8. The van der Waals surface area contributed by atoms with Gasteiger partial charge in [0, 0.05) is 17.5 Å². The van der Waals surface area contributed by atoms with Gasteiger partial charge in [0.25, 0.3) is 0 Å². The Hall–Kier alpha value is -3.55. The summed E-state index contributed by atoms with van der Waals surface area (Å²) < 4.78 is 15.3. The second kappa shape index (κ2) is 10.7. The van der Waals surface area contributed by atoms with E-state index in [1.807, 2.05) is 0 Å². The SMILES string of the molecule is CC1Cc2c(F)cc(NC(=O)C3CCCN3C)c(O)c2C(=O)C1C(=O)C1(O)C(=O)C(C(N)=O)C(=O)C(N(C)C)C1C. The van der Waals surface area contributed by atoms with Crippen LogP contribution in [0, 0.1) is 29.5 Å². The molecule has 1 saturated carbocycles. The molecule has 4 rings (SSSR count). The zero-order valence-corrected chi connectivity index (χ0v) is 23.6. The summed E-state index contributed by atoms with van der Waals surface area (Å²) in [4.78, 5) is 82.3. The second-order valence-electron chi connectivity index (χ2n) is 11.7. The molecule has 13 heteroatoms. The molecule has 2 aliphatic carbocycles. The predicted octanol–water partition coefficient (Wildman–Crippen LogP) is -0.325. The molecule has 5 N–H and O–H groups in total. The average molecular weight is 575 g/mol. The highest BCUT2D eigenvalue weighted by Crippen LogP contribution is 2.44. The number of fused-ring (bicyclic) bond motifs is 1. The molecular weight excluding hydrogens is 539 g/mol. The fourth-order valence-electron chi connectivity index (χ4n) is 6.70. The third-order valence-electron chi connectivity index (χ3n) is 8.90. The number of anilines is 1. The number of nitrogens with two attached hydrogens (primary N) is 1. The first-order valence-electron chi connectivity index (χ1n) is 13.5. The number of likely N-dealkylation sites (N-methyl/N-ethyl adjacent to an activating group) is 2. The molecule has 1 aromatic carbocycles. The van der Waals surface area contributed by atoms with E-state index in [4.69, 9.17) is 5.73 Å². The van der Waals surface area contributed by atoms with Gasteiger partial charge in [0.15, 0.2) is 34.7 Å². The molecule has 1 aliphatic heterocycles. The number of Topliss-reactive ketones (excluding diaryl/α,β-unsaturated/α-hetero) is 4. The third kappa shape index (κ3) is 4.65. The van der Waals surface area contributed by atoms with Crippen molar-refractivity contribution in [2.45, 2.75) is 50.8 Å². The average Bonchev–Trinajstić information content (AvgIpc) is 3.31. The standard InChI is InChI=1S/C28H35FN4O8/c1-11-9-13-14(29)10-15(31-27(40)16-7-6-8-33(16)5)21(34)18(13)22(35)17(11)24(37)28(41)12(2)20(32(3)4)23(36)19(25(28)38)26(30)39/h10-12,16-17,19-20,34,41H,6-9H2,1-5H3,(H2,30,39)(H,31,40). The van der Waals surface area contributed by atoms with E-state index in [1.165, 1.54) is 32.8 Å². The Labute approximate surface area is 236 Å². The van der Waals surface area contributed by atoms with E-state index in [1.54, 1.807) is 11.9 Å². The van der Waals surface area contributed by atoms with Gasteiger partial charge >= 0.3 is 0 Å². The molecule has 0 aromatic heterocycles. The molecule has 3 aliphatic rings. The Kier molecular flexibility index (Phi) is 7.93. The topological polar surface area (TPSA) is 187 Å². The number of phenolic OH excluding ortho intramolecular Hbond substituents is 1. The number of likely N-dealkylation sites (tertiary alicyclic amines) is 1. The number of ketones is 4. The van der Waals surface area contributed by atoms with Gasteiger partial charge in [-0.2, -0.15) is 0 Å². The monoisotopic (exact) mass is 574 g/mol. The first-order valence-corrected chi connectivity index (χ1v) is 13.5. The van der Waals surface area contributed by atoms with Crippen LogP contribution in [0.25, 0.3) is 0 Å². The molecule has 2 amide bonds. The number of carbonyl (C=O) groups is 6. The highest BCUT2D eigenvalue weighted by atomic mass is 19.1. The molecule has 1 heterocycles. The zero-order chi connectivity index (χ0) is 30.7. The first kappa shape index (κ1) is 30.4. The Morgan fingerprint density at radius 3 is 2.37 bits per heavy atom. The summed E-state index contributed by atoms with van der Waals surface area (Å²) in [6.07, 6.45) is 1.11. The van der Waals surface area contributed by atoms with E-state index in [0.717, 1.165) is 12.5 Å². The number of primary amides is 1. The summed E-state index contributed by atoms with van der Waals surface area (Å²) in [5.41, 5.74) is 1.30. The van der Waals surface area contributed by atoms with E-state index < -0.39 is 93.4 Å². The van der Waals surface area contributed by atoms with Crippen molar-refractivity contribution in [3.63, 3.8) is 0 Å². The van der Waals surface area contributed by atoms with E-state index >= 15 is 4.39 Å². The van der Waals surface area contributed by atoms with Gasteiger partial charge in [-0.05, 0) is 52.9 Å². The maximum atomic E-state index is 15.3. The van der Waals surface area contributed by atoms with Crippen molar-refractivity contribution in [2.24, 2.45) is 29.4 Å². The fourth-order valence-corrected chi connectivity index (χ4v) is 6.70. The predicted molar refractivity (Wildman–Crippen MR) is 142 cm³/mol. The Morgan fingerprint density at radius 2 is 1.83 bits per heavy atom. The zero-order valence-electron chi connectivity index (χ0n) is 23.6. The van der Waals surface area contributed by atoms with Crippen LogP contribution >= 0.6 is 0 Å². The lowest BCUT2D eigenvalue weighted by Gasteiger charge is -2.46. The lowest BCUT2D eigenvalue weighted by atomic mass is 9.60. The van der Waals surface area contributed by atoms with Crippen molar-refractivity contribution in [1.29, 1.82) is 0 Å². The van der Waals surface area contributed by atoms with Crippen molar-refractivity contribution in [3.05, 3.63) is 23.0 Å². The number of halogens is 1. The van der Waals surface area contributed by atoms with Crippen molar-refractivity contribution in [3.8, 4) is 5.75 Å². The summed E-state index contributed by atoms with van der Waals surface area (Å²) in [5, 5.41) is 25.2. The largest absolute Gasteiger partial charge is 0.505 e. The van der Waals surface area contributed by atoms with Crippen LogP contribution in [0.2, 0.25) is 0 Å². The highest BCUT2D eigenvalue weighted by Gasteiger charge is 2.64. The smallest absolute Gasteiger partial charge is 0.241 e. The molecule has 41 heavy (non-hydrogen) atoms. The molecule has 0 spiro atoms. The number of carbonyl (C=O) groups excluding carboxylic acids is 6. The molecule has 2 fully saturated rings. The summed E-state index contributed by atoms with van der Waals surface area (Å²) in [6, 6.07) is -0.868. The van der Waals surface area contributed by atoms with Crippen molar-refractivity contribution in [1.82, 2.24) is 9.80 Å². The van der Waals surface area contributed by atoms with Gasteiger partial charge < -0.3 is 21.3 Å². The maximum Gasteiger partial charge on any atom is 0.241 e. The molecule has 0 bridgehead atoms. The Morgan fingerprint density at radius 1 is 1.20 bits per heavy atom. The number of nitrogens with one attached hydrogen (secondary N) is 1. The van der Waals surface area contributed by atoms with Crippen LogP contribution in [-0.4, -0.2) is 100 Å². The molecule has 1 saturated heterocycles. The second-order valence-corrected chi connectivity index (χ2v) is 11.7. The lowest BCUT2D eigenvalue weighted by Crippen LogP contribution is -2.70. The number of aromatic hydroxyl groups is 1.